The molecule has 0 bridgehead atoms. The molecule has 0 saturated carbocycles. The van der Waals surface area contributed by atoms with Crippen molar-refractivity contribution in [2.45, 2.75) is 24.8 Å². The molecule has 1 aliphatic rings. The highest BCUT2D eigenvalue weighted by molar-refractivity contribution is 7.89. The molecule has 0 spiro atoms. The van der Waals surface area contributed by atoms with Crippen molar-refractivity contribution in [2.24, 2.45) is 11.7 Å². The summed E-state index contributed by atoms with van der Waals surface area (Å²) in [5.41, 5.74) is 7.19. The van der Waals surface area contributed by atoms with Gasteiger partial charge in [0.15, 0.2) is 0 Å². The molecular formula is C13H20N2O3S. The van der Waals surface area contributed by atoms with E-state index in [9.17, 15) is 8.42 Å². The molecular weight excluding hydrogens is 264 g/mol. The van der Waals surface area contributed by atoms with Crippen LogP contribution in [0.1, 0.15) is 17.5 Å². The average Bonchev–Trinajstić information content (AvgIpc) is 2.87. The minimum Gasteiger partial charge on any atom is -0.396 e. The average molecular weight is 284 g/mol. The van der Waals surface area contributed by atoms with Crippen molar-refractivity contribution in [3.63, 3.8) is 0 Å². The summed E-state index contributed by atoms with van der Waals surface area (Å²) in [5, 5.41) is 9.11. The zero-order valence-electron chi connectivity index (χ0n) is 11.0. The van der Waals surface area contributed by atoms with Crippen LogP contribution in [-0.4, -0.2) is 37.5 Å². The molecule has 2 rings (SSSR count). The van der Waals surface area contributed by atoms with Gasteiger partial charge in [-0.1, -0.05) is 12.1 Å². The van der Waals surface area contributed by atoms with Crippen LogP contribution in [0.25, 0.3) is 0 Å². The standard InChI is InChI=1S/C13H20N2O3S/c1-10-6-11(7-14)2-3-13(10)19(17,18)15-5-4-12(8-15)9-16/h2-3,6,12,16H,4-5,7-9,14H2,1H3. The second-order valence-electron chi connectivity index (χ2n) is 5.00. The highest BCUT2D eigenvalue weighted by Crippen LogP contribution is 2.26. The molecule has 1 unspecified atom stereocenters. The fourth-order valence-electron chi connectivity index (χ4n) is 2.43. The summed E-state index contributed by atoms with van der Waals surface area (Å²) in [6.07, 6.45) is 0.718. The second kappa shape index (κ2) is 5.58. The maximum absolute atomic E-state index is 12.5. The molecule has 6 heteroatoms. The maximum atomic E-state index is 12.5. The van der Waals surface area contributed by atoms with Gasteiger partial charge in [-0.05, 0) is 36.5 Å². The van der Waals surface area contributed by atoms with Gasteiger partial charge in [-0.3, -0.25) is 0 Å². The van der Waals surface area contributed by atoms with Crippen molar-refractivity contribution in [1.29, 1.82) is 0 Å². The van der Waals surface area contributed by atoms with Gasteiger partial charge in [0, 0.05) is 26.2 Å². The number of nitrogens with two attached hydrogens (primary N) is 1. The van der Waals surface area contributed by atoms with Crippen molar-refractivity contribution in [2.75, 3.05) is 19.7 Å². The summed E-state index contributed by atoms with van der Waals surface area (Å²) in [7, 11) is -3.46. The number of rotatable bonds is 4. The quantitative estimate of drug-likeness (QED) is 0.841. The van der Waals surface area contributed by atoms with Crippen LogP contribution in [0.2, 0.25) is 0 Å². The van der Waals surface area contributed by atoms with Crippen LogP contribution in [0.5, 0.6) is 0 Å². The molecule has 1 aromatic carbocycles. The Labute approximate surface area is 114 Å². The number of aliphatic hydroxyl groups is 1. The first-order valence-electron chi connectivity index (χ1n) is 6.39. The van der Waals surface area contributed by atoms with Gasteiger partial charge in [0.2, 0.25) is 10.0 Å². The van der Waals surface area contributed by atoms with Crippen molar-refractivity contribution in [3.05, 3.63) is 29.3 Å². The molecule has 5 nitrogen and oxygen atoms in total. The minimum absolute atomic E-state index is 0.0388. The molecule has 1 aliphatic heterocycles. The second-order valence-corrected chi connectivity index (χ2v) is 6.91. The van der Waals surface area contributed by atoms with E-state index in [4.69, 9.17) is 10.8 Å². The number of nitrogens with zero attached hydrogens (tertiary/aromatic N) is 1. The Kier molecular flexibility index (Phi) is 4.25. The molecule has 106 valence electrons. The Bertz CT molecular complexity index is 557. The predicted molar refractivity (Wildman–Crippen MR) is 73.0 cm³/mol. The predicted octanol–water partition coefficient (Wildman–Crippen LogP) is 0.457. The molecule has 1 heterocycles. The SMILES string of the molecule is Cc1cc(CN)ccc1S(=O)(=O)N1CCC(CO)C1. The van der Waals surface area contributed by atoms with E-state index in [-0.39, 0.29) is 12.5 Å². The first-order chi connectivity index (χ1) is 8.98. The largest absolute Gasteiger partial charge is 0.396 e. The highest BCUT2D eigenvalue weighted by atomic mass is 32.2. The van der Waals surface area contributed by atoms with Crippen LogP contribution in [-0.2, 0) is 16.6 Å². The van der Waals surface area contributed by atoms with E-state index in [1.54, 1.807) is 19.1 Å². The van der Waals surface area contributed by atoms with Gasteiger partial charge in [-0.15, -0.1) is 0 Å². The van der Waals surface area contributed by atoms with Crippen LogP contribution in [0, 0.1) is 12.8 Å². The molecule has 0 aromatic heterocycles. The first kappa shape index (κ1) is 14.5. The number of benzene rings is 1. The van der Waals surface area contributed by atoms with Gasteiger partial charge in [-0.25, -0.2) is 8.42 Å². The van der Waals surface area contributed by atoms with Gasteiger partial charge in [0.25, 0.3) is 0 Å². The zero-order valence-corrected chi connectivity index (χ0v) is 11.9. The van der Waals surface area contributed by atoms with Gasteiger partial charge >= 0.3 is 0 Å². The zero-order chi connectivity index (χ0) is 14.0. The molecule has 0 aliphatic carbocycles. The third kappa shape index (κ3) is 2.81. The van der Waals surface area contributed by atoms with Gasteiger partial charge in [0.05, 0.1) is 4.90 Å². The van der Waals surface area contributed by atoms with Gasteiger partial charge in [-0.2, -0.15) is 4.31 Å². The van der Waals surface area contributed by atoms with E-state index >= 15 is 0 Å². The number of sulfonamides is 1. The van der Waals surface area contributed by atoms with Crippen molar-refractivity contribution in [1.82, 2.24) is 4.31 Å². The van der Waals surface area contributed by atoms with Crippen molar-refractivity contribution >= 4 is 10.0 Å². The Morgan fingerprint density at radius 3 is 2.74 bits per heavy atom. The third-order valence-electron chi connectivity index (χ3n) is 3.60. The molecule has 1 fully saturated rings. The Morgan fingerprint density at radius 2 is 2.21 bits per heavy atom. The molecule has 1 saturated heterocycles. The van der Waals surface area contributed by atoms with Gasteiger partial charge in [0.1, 0.15) is 0 Å². The summed E-state index contributed by atoms with van der Waals surface area (Å²) in [5.74, 6) is 0.0541. The third-order valence-corrected chi connectivity index (χ3v) is 5.63. The van der Waals surface area contributed by atoms with E-state index in [1.165, 1.54) is 4.31 Å². The lowest BCUT2D eigenvalue weighted by atomic mass is 10.1. The highest BCUT2D eigenvalue weighted by Gasteiger charge is 2.32. The number of hydrogen-bond acceptors (Lipinski definition) is 4. The Balaban J connectivity index is 2.30. The fraction of sp³-hybridized carbons (Fsp3) is 0.538. The van der Waals surface area contributed by atoms with Gasteiger partial charge < -0.3 is 10.8 Å². The monoisotopic (exact) mass is 284 g/mol. The van der Waals surface area contributed by atoms with E-state index in [0.29, 0.717) is 24.5 Å². The fourth-order valence-corrected chi connectivity index (χ4v) is 4.17. The van der Waals surface area contributed by atoms with Crippen LogP contribution in [0.3, 0.4) is 0 Å². The number of aliphatic hydroxyl groups excluding tert-OH is 1. The molecule has 1 aromatic rings. The van der Waals surface area contributed by atoms with E-state index in [0.717, 1.165) is 17.5 Å². The summed E-state index contributed by atoms with van der Waals surface area (Å²) in [6, 6.07) is 5.19. The van der Waals surface area contributed by atoms with Crippen LogP contribution >= 0.6 is 0 Å². The summed E-state index contributed by atoms with van der Waals surface area (Å²) < 4.78 is 26.5. The minimum atomic E-state index is -3.46. The Hall–Kier alpha value is -0.950. The first-order valence-corrected chi connectivity index (χ1v) is 7.83. The van der Waals surface area contributed by atoms with E-state index in [2.05, 4.69) is 0 Å². The van der Waals surface area contributed by atoms with E-state index in [1.807, 2.05) is 6.07 Å². The number of hydrogen-bond donors (Lipinski definition) is 2. The molecule has 1 atom stereocenters. The lowest BCUT2D eigenvalue weighted by Crippen LogP contribution is -2.29. The molecule has 0 amide bonds. The summed E-state index contributed by atoms with van der Waals surface area (Å²) in [6.45, 7) is 3.10. The molecule has 0 radical (unpaired) electrons. The van der Waals surface area contributed by atoms with E-state index < -0.39 is 10.0 Å². The maximum Gasteiger partial charge on any atom is 0.243 e. The Morgan fingerprint density at radius 1 is 1.47 bits per heavy atom. The normalized spacial score (nSPS) is 20.9. The molecule has 19 heavy (non-hydrogen) atoms. The number of aryl methyl sites for hydroxylation is 1. The smallest absolute Gasteiger partial charge is 0.243 e. The van der Waals surface area contributed by atoms with Crippen molar-refractivity contribution < 1.29 is 13.5 Å². The lowest BCUT2D eigenvalue weighted by Gasteiger charge is -2.18. The van der Waals surface area contributed by atoms with Crippen LogP contribution < -0.4 is 5.73 Å². The topological polar surface area (TPSA) is 83.6 Å². The lowest BCUT2D eigenvalue weighted by molar-refractivity contribution is 0.233. The molecule has 3 N–H and O–H groups in total. The summed E-state index contributed by atoms with van der Waals surface area (Å²) in [4.78, 5) is 0.336. The summed E-state index contributed by atoms with van der Waals surface area (Å²) >= 11 is 0. The van der Waals surface area contributed by atoms with Crippen LogP contribution in [0.4, 0.5) is 0 Å². The van der Waals surface area contributed by atoms with Crippen molar-refractivity contribution in [3.8, 4) is 0 Å². The van der Waals surface area contributed by atoms with Crippen LogP contribution in [0.15, 0.2) is 23.1 Å².